The highest BCUT2D eigenvalue weighted by molar-refractivity contribution is 6.33. The summed E-state index contributed by atoms with van der Waals surface area (Å²) in [6.07, 6.45) is 3.43. The Morgan fingerprint density at radius 1 is 1.25 bits per heavy atom. The van der Waals surface area contributed by atoms with Crippen LogP contribution in [0.3, 0.4) is 0 Å². The highest BCUT2D eigenvalue weighted by Crippen LogP contribution is 2.26. The second-order valence-corrected chi connectivity index (χ2v) is 6.48. The summed E-state index contributed by atoms with van der Waals surface area (Å²) >= 11 is 6.20. The minimum atomic E-state index is -0.256. The molecule has 0 saturated carbocycles. The lowest BCUT2D eigenvalue weighted by molar-refractivity contribution is 0.0952. The average molecular weight is 397 g/mol. The van der Waals surface area contributed by atoms with Crippen LogP contribution in [0, 0.1) is 0 Å². The van der Waals surface area contributed by atoms with Crippen molar-refractivity contribution in [3.8, 4) is 11.4 Å². The van der Waals surface area contributed by atoms with Gasteiger partial charge in [0, 0.05) is 24.7 Å². The first-order valence-electron chi connectivity index (χ1n) is 8.60. The van der Waals surface area contributed by atoms with Crippen LogP contribution in [0.5, 0.6) is 5.75 Å². The lowest BCUT2D eigenvalue weighted by atomic mass is 10.2. The normalized spacial score (nSPS) is 10.9. The Labute approximate surface area is 165 Å². The number of fused-ring (bicyclic) bond motifs is 1. The molecule has 0 unspecified atom stereocenters. The van der Waals surface area contributed by atoms with E-state index in [-0.39, 0.29) is 5.91 Å². The molecule has 0 aliphatic heterocycles. The Hall–Kier alpha value is -3.39. The molecule has 0 atom stereocenters. The molecule has 2 aromatic carbocycles. The number of methoxy groups -OCH3 is 1. The van der Waals surface area contributed by atoms with Gasteiger partial charge in [-0.2, -0.15) is 0 Å². The van der Waals surface area contributed by atoms with Crippen molar-refractivity contribution in [3.05, 3.63) is 65.6 Å². The summed E-state index contributed by atoms with van der Waals surface area (Å²) in [5, 5.41) is 15.3. The standard InChI is InChI=1S/C19H17ClN6O2/c1-28-18-4-2-3-17-14(18)7-9-25(17)10-8-21-19(27)15-11-13(5-6-16(15)20)26-12-22-23-24-26/h2-7,9,11-12H,8,10H2,1H3,(H,21,27). The predicted molar refractivity (Wildman–Crippen MR) is 105 cm³/mol. The third kappa shape index (κ3) is 3.41. The maximum Gasteiger partial charge on any atom is 0.252 e. The number of hydrogen-bond acceptors (Lipinski definition) is 5. The second-order valence-electron chi connectivity index (χ2n) is 6.08. The van der Waals surface area contributed by atoms with Gasteiger partial charge < -0.3 is 14.6 Å². The van der Waals surface area contributed by atoms with Gasteiger partial charge in [-0.1, -0.05) is 17.7 Å². The van der Waals surface area contributed by atoms with Gasteiger partial charge >= 0.3 is 0 Å². The van der Waals surface area contributed by atoms with Gasteiger partial charge in [-0.3, -0.25) is 4.79 Å². The van der Waals surface area contributed by atoms with Crippen LogP contribution in [-0.4, -0.2) is 44.3 Å². The largest absolute Gasteiger partial charge is 0.496 e. The molecule has 1 amide bonds. The first-order chi connectivity index (χ1) is 13.7. The molecule has 1 N–H and O–H groups in total. The lowest BCUT2D eigenvalue weighted by Crippen LogP contribution is -2.27. The van der Waals surface area contributed by atoms with Crippen LogP contribution in [0.2, 0.25) is 5.02 Å². The summed E-state index contributed by atoms with van der Waals surface area (Å²) in [6.45, 7) is 1.07. The fraction of sp³-hybridized carbons (Fsp3) is 0.158. The van der Waals surface area contributed by atoms with E-state index in [0.29, 0.717) is 29.4 Å². The highest BCUT2D eigenvalue weighted by atomic mass is 35.5. The van der Waals surface area contributed by atoms with E-state index >= 15 is 0 Å². The van der Waals surface area contributed by atoms with Gasteiger partial charge in [-0.15, -0.1) is 5.10 Å². The van der Waals surface area contributed by atoms with E-state index in [1.807, 2.05) is 30.5 Å². The molecule has 28 heavy (non-hydrogen) atoms. The Morgan fingerprint density at radius 2 is 2.14 bits per heavy atom. The summed E-state index contributed by atoms with van der Waals surface area (Å²) in [6, 6.07) is 12.9. The van der Waals surface area contributed by atoms with E-state index in [9.17, 15) is 4.79 Å². The number of rotatable bonds is 6. The van der Waals surface area contributed by atoms with Crippen LogP contribution >= 0.6 is 11.6 Å². The van der Waals surface area contributed by atoms with Crippen LogP contribution in [0.25, 0.3) is 16.6 Å². The van der Waals surface area contributed by atoms with Crippen LogP contribution < -0.4 is 10.1 Å². The molecule has 0 saturated heterocycles. The quantitative estimate of drug-likeness (QED) is 0.541. The first-order valence-corrected chi connectivity index (χ1v) is 8.98. The molecule has 142 valence electrons. The van der Waals surface area contributed by atoms with Crippen LogP contribution in [0.4, 0.5) is 0 Å². The summed E-state index contributed by atoms with van der Waals surface area (Å²) in [5.74, 6) is 0.570. The number of ether oxygens (including phenoxy) is 1. The Bertz CT molecular complexity index is 1120. The number of nitrogens with one attached hydrogen (secondary N) is 1. The Kier molecular flexibility index (Phi) is 4.94. The van der Waals surface area contributed by atoms with Crippen molar-refractivity contribution in [2.24, 2.45) is 0 Å². The van der Waals surface area contributed by atoms with Gasteiger partial charge in [-0.05, 0) is 46.8 Å². The van der Waals surface area contributed by atoms with Crippen LogP contribution in [0.1, 0.15) is 10.4 Å². The monoisotopic (exact) mass is 396 g/mol. The van der Waals surface area contributed by atoms with E-state index in [0.717, 1.165) is 16.7 Å². The highest BCUT2D eigenvalue weighted by Gasteiger charge is 2.13. The summed E-state index contributed by atoms with van der Waals surface area (Å²) in [4.78, 5) is 12.6. The van der Waals surface area contributed by atoms with Gasteiger partial charge in [0.05, 0.1) is 28.9 Å². The average Bonchev–Trinajstić information content (AvgIpc) is 3.38. The van der Waals surface area contributed by atoms with Gasteiger partial charge in [-0.25, -0.2) is 4.68 Å². The smallest absolute Gasteiger partial charge is 0.252 e. The van der Waals surface area contributed by atoms with Crippen LogP contribution in [-0.2, 0) is 6.54 Å². The zero-order chi connectivity index (χ0) is 19.5. The maximum atomic E-state index is 12.6. The number of tetrazole rings is 1. The van der Waals surface area contributed by atoms with Gasteiger partial charge in [0.2, 0.25) is 0 Å². The molecule has 0 aliphatic carbocycles. The molecule has 0 fully saturated rings. The van der Waals surface area contributed by atoms with E-state index < -0.39 is 0 Å². The number of carbonyl (C=O) groups is 1. The molecule has 4 aromatic rings. The van der Waals surface area contributed by atoms with Crippen molar-refractivity contribution in [2.75, 3.05) is 13.7 Å². The van der Waals surface area contributed by atoms with E-state index in [1.165, 1.54) is 11.0 Å². The van der Waals surface area contributed by atoms with Crippen molar-refractivity contribution in [1.29, 1.82) is 0 Å². The Balaban J connectivity index is 1.46. The number of benzene rings is 2. The molecule has 2 aromatic heterocycles. The van der Waals surface area contributed by atoms with Crippen molar-refractivity contribution >= 4 is 28.4 Å². The second kappa shape index (κ2) is 7.69. The predicted octanol–water partition coefficient (Wildman–Crippen LogP) is 2.71. The number of hydrogen-bond donors (Lipinski definition) is 1. The van der Waals surface area contributed by atoms with Crippen LogP contribution in [0.15, 0.2) is 55.0 Å². The summed E-state index contributed by atoms with van der Waals surface area (Å²) in [5.41, 5.74) is 2.07. The maximum absolute atomic E-state index is 12.6. The molecule has 0 aliphatic rings. The summed E-state index contributed by atoms with van der Waals surface area (Å²) < 4.78 is 8.91. The first kappa shape index (κ1) is 18.0. The molecular formula is C19H17ClN6O2. The van der Waals surface area contributed by atoms with Crippen molar-refractivity contribution in [1.82, 2.24) is 30.1 Å². The number of halogens is 1. The molecule has 4 rings (SSSR count). The van der Waals surface area contributed by atoms with Gasteiger partial charge in [0.25, 0.3) is 5.91 Å². The third-order valence-electron chi connectivity index (χ3n) is 4.44. The van der Waals surface area contributed by atoms with E-state index in [4.69, 9.17) is 16.3 Å². The van der Waals surface area contributed by atoms with E-state index in [1.54, 1.807) is 25.3 Å². The topological polar surface area (TPSA) is 86.9 Å². The summed E-state index contributed by atoms with van der Waals surface area (Å²) in [7, 11) is 1.65. The molecular weight excluding hydrogens is 380 g/mol. The lowest BCUT2D eigenvalue weighted by Gasteiger charge is -2.10. The number of carbonyl (C=O) groups excluding carboxylic acids is 1. The molecule has 9 heteroatoms. The third-order valence-corrected chi connectivity index (χ3v) is 4.77. The van der Waals surface area contributed by atoms with Gasteiger partial charge in [0.15, 0.2) is 0 Å². The number of aromatic nitrogens is 5. The molecule has 8 nitrogen and oxygen atoms in total. The fourth-order valence-electron chi connectivity index (χ4n) is 3.06. The number of nitrogens with zero attached hydrogens (tertiary/aromatic N) is 5. The number of amides is 1. The minimum absolute atomic E-state index is 0.256. The fourth-order valence-corrected chi connectivity index (χ4v) is 3.27. The zero-order valence-corrected chi connectivity index (χ0v) is 15.8. The van der Waals surface area contributed by atoms with Crippen molar-refractivity contribution < 1.29 is 9.53 Å². The van der Waals surface area contributed by atoms with E-state index in [2.05, 4.69) is 25.4 Å². The SMILES string of the molecule is COc1cccc2c1ccn2CCNC(=O)c1cc(-n2cnnn2)ccc1Cl. The molecule has 0 radical (unpaired) electrons. The van der Waals surface area contributed by atoms with Gasteiger partial charge in [0.1, 0.15) is 12.1 Å². The van der Waals surface area contributed by atoms with Crippen molar-refractivity contribution in [2.45, 2.75) is 6.54 Å². The van der Waals surface area contributed by atoms with Crippen molar-refractivity contribution in [3.63, 3.8) is 0 Å². The minimum Gasteiger partial charge on any atom is -0.496 e. The molecule has 0 bridgehead atoms. The Morgan fingerprint density at radius 3 is 2.93 bits per heavy atom. The molecule has 2 heterocycles. The zero-order valence-electron chi connectivity index (χ0n) is 15.0. The molecule has 0 spiro atoms.